The Balaban J connectivity index is 2.16. The molecule has 1 atom stereocenters. The number of carbonyl (C=O) groups excluding carboxylic acids is 1. The fourth-order valence-electron chi connectivity index (χ4n) is 2.50. The van der Waals surface area contributed by atoms with Gasteiger partial charge in [-0.3, -0.25) is 4.79 Å². The lowest BCUT2D eigenvalue weighted by molar-refractivity contribution is 0.0569. The van der Waals surface area contributed by atoms with E-state index in [0.29, 0.717) is 17.9 Å². The Morgan fingerprint density at radius 1 is 1.53 bits per heavy atom. The first-order chi connectivity index (χ1) is 9.26. The smallest absolute Gasteiger partial charge is 0.272 e. The Labute approximate surface area is 112 Å². The zero-order chi connectivity index (χ0) is 13.7. The summed E-state index contributed by atoms with van der Waals surface area (Å²) in [6, 6.07) is 5.26. The van der Waals surface area contributed by atoms with Crippen molar-refractivity contribution in [3.63, 3.8) is 0 Å². The fraction of sp³-hybridized carbons (Fsp3) is 0.538. The first-order valence-electron chi connectivity index (χ1n) is 6.61. The van der Waals surface area contributed by atoms with Gasteiger partial charge >= 0.3 is 0 Å². The van der Waals surface area contributed by atoms with Crippen LogP contribution in [0.25, 0.3) is 0 Å². The molecule has 1 aliphatic heterocycles. The summed E-state index contributed by atoms with van der Waals surface area (Å²) in [4.78, 5) is 18.5. The number of nitrogens with one attached hydrogen (secondary N) is 1. The van der Waals surface area contributed by atoms with E-state index in [-0.39, 0.29) is 18.6 Å². The van der Waals surface area contributed by atoms with Crippen LogP contribution in [0, 0.1) is 0 Å². The molecule has 0 spiro atoms. The second kappa shape index (κ2) is 6.49. The average Bonchev–Trinajstić information content (AvgIpc) is 2.47. The lowest BCUT2D eigenvalue weighted by Crippen LogP contribution is -2.44. The molecule has 0 aromatic carbocycles. The van der Waals surface area contributed by atoms with E-state index in [1.807, 2.05) is 4.90 Å². The van der Waals surface area contributed by atoms with Gasteiger partial charge in [-0.25, -0.2) is 10.8 Å². The largest absolute Gasteiger partial charge is 0.396 e. The standard InChI is InChI=1S/C13H20N4O2/c14-16-12-6-3-5-11(15-12)13(19)17-8-2-1-4-10(17)7-9-18/h3,5-6,10,18H,1-2,4,7-9,14H2,(H,15,16). The summed E-state index contributed by atoms with van der Waals surface area (Å²) in [6.45, 7) is 0.831. The number of amides is 1. The number of nitrogens with two attached hydrogens (primary N) is 1. The number of rotatable bonds is 4. The molecule has 1 aliphatic rings. The van der Waals surface area contributed by atoms with E-state index in [0.717, 1.165) is 25.8 Å². The lowest BCUT2D eigenvalue weighted by atomic mass is 9.99. The Bertz CT molecular complexity index is 436. The van der Waals surface area contributed by atoms with E-state index in [2.05, 4.69) is 10.4 Å². The Morgan fingerprint density at radius 3 is 3.11 bits per heavy atom. The van der Waals surface area contributed by atoms with Gasteiger partial charge < -0.3 is 15.4 Å². The van der Waals surface area contributed by atoms with Gasteiger partial charge in [0.2, 0.25) is 0 Å². The number of aliphatic hydroxyl groups excluding tert-OH is 1. The summed E-state index contributed by atoms with van der Waals surface area (Å²) < 4.78 is 0. The minimum atomic E-state index is -0.0877. The van der Waals surface area contributed by atoms with Gasteiger partial charge in [-0.1, -0.05) is 6.07 Å². The molecular formula is C13H20N4O2. The minimum absolute atomic E-state index is 0.0877. The second-order valence-corrected chi connectivity index (χ2v) is 4.71. The number of hydrogen-bond acceptors (Lipinski definition) is 5. The van der Waals surface area contributed by atoms with Crippen LogP contribution < -0.4 is 11.3 Å². The molecule has 2 heterocycles. The second-order valence-electron chi connectivity index (χ2n) is 4.71. The molecule has 2 rings (SSSR count). The Morgan fingerprint density at radius 2 is 2.37 bits per heavy atom. The molecular weight excluding hydrogens is 244 g/mol. The molecule has 1 aromatic heterocycles. The molecule has 0 aliphatic carbocycles. The molecule has 0 bridgehead atoms. The van der Waals surface area contributed by atoms with Crippen molar-refractivity contribution >= 4 is 11.7 Å². The molecule has 0 radical (unpaired) electrons. The first kappa shape index (κ1) is 13.8. The third kappa shape index (κ3) is 3.21. The van der Waals surface area contributed by atoms with Gasteiger partial charge in [-0.15, -0.1) is 0 Å². The van der Waals surface area contributed by atoms with E-state index in [1.165, 1.54) is 0 Å². The number of aromatic nitrogens is 1. The molecule has 1 fully saturated rings. The molecule has 1 saturated heterocycles. The van der Waals surface area contributed by atoms with E-state index >= 15 is 0 Å². The van der Waals surface area contributed by atoms with Crippen LogP contribution in [0.4, 0.5) is 5.82 Å². The predicted octanol–water partition coefficient (Wildman–Crippen LogP) is 0.744. The van der Waals surface area contributed by atoms with Crippen LogP contribution in [-0.4, -0.2) is 40.1 Å². The molecule has 1 aromatic rings. The van der Waals surface area contributed by atoms with Gasteiger partial charge in [-0.2, -0.15) is 0 Å². The SMILES string of the molecule is NNc1cccc(C(=O)N2CCCCC2CCO)n1. The van der Waals surface area contributed by atoms with Gasteiger partial charge in [-0.05, 0) is 37.8 Å². The number of aliphatic hydroxyl groups is 1. The quantitative estimate of drug-likeness (QED) is 0.551. The highest BCUT2D eigenvalue weighted by atomic mass is 16.3. The number of nitrogen functional groups attached to an aromatic ring is 1. The average molecular weight is 264 g/mol. The maximum atomic E-state index is 12.5. The van der Waals surface area contributed by atoms with Crippen molar-refractivity contribution in [3.05, 3.63) is 23.9 Å². The molecule has 6 heteroatoms. The zero-order valence-corrected chi connectivity index (χ0v) is 10.9. The number of likely N-dealkylation sites (tertiary alicyclic amines) is 1. The van der Waals surface area contributed by atoms with E-state index in [1.54, 1.807) is 18.2 Å². The predicted molar refractivity (Wildman–Crippen MR) is 72.4 cm³/mol. The Kier molecular flexibility index (Phi) is 4.70. The maximum absolute atomic E-state index is 12.5. The van der Waals surface area contributed by atoms with E-state index in [9.17, 15) is 4.79 Å². The van der Waals surface area contributed by atoms with Crippen molar-refractivity contribution < 1.29 is 9.90 Å². The van der Waals surface area contributed by atoms with Crippen LogP contribution in [0.1, 0.15) is 36.2 Å². The van der Waals surface area contributed by atoms with Crippen molar-refractivity contribution in [3.8, 4) is 0 Å². The number of nitrogens with zero attached hydrogens (tertiary/aromatic N) is 2. The summed E-state index contributed by atoms with van der Waals surface area (Å²) in [5.74, 6) is 5.69. The van der Waals surface area contributed by atoms with Crippen LogP contribution in [0.15, 0.2) is 18.2 Å². The summed E-state index contributed by atoms with van der Waals surface area (Å²) in [6.07, 6.45) is 3.68. The van der Waals surface area contributed by atoms with Crippen LogP contribution in [-0.2, 0) is 0 Å². The third-order valence-electron chi connectivity index (χ3n) is 3.47. The monoisotopic (exact) mass is 264 g/mol. The molecule has 104 valence electrons. The van der Waals surface area contributed by atoms with Gasteiger partial charge in [0, 0.05) is 19.2 Å². The highest BCUT2D eigenvalue weighted by Gasteiger charge is 2.27. The summed E-state index contributed by atoms with van der Waals surface area (Å²) in [7, 11) is 0. The molecule has 6 nitrogen and oxygen atoms in total. The maximum Gasteiger partial charge on any atom is 0.272 e. The summed E-state index contributed by atoms with van der Waals surface area (Å²) in [5, 5.41) is 9.09. The number of hydrogen-bond donors (Lipinski definition) is 3. The highest BCUT2D eigenvalue weighted by Crippen LogP contribution is 2.21. The van der Waals surface area contributed by atoms with Crippen molar-refractivity contribution in [2.45, 2.75) is 31.7 Å². The fourth-order valence-corrected chi connectivity index (χ4v) is 2.50. The number of piperidine rings is 1. The molecule has 1 unspecified atom stereocenters. The molecule has 0 saturated carbocycles. The van der Waals surface area contributed by atoms with Gasteiger partial charge in [0.05, 0.1) is 0 Å². The highest BCUT2D eigenvalue weighted by molar-refractivity contribution is 5.93. The number of pyridine rings is 1. The third-order valence-corrected chi connectivity index (χ3v) is 3.47. The summed E-state index contributed by atoms with van der Waals surface area (Å²) >= 11 is 0. The van der Waals surface area contributed by atoms with Gasteiger partial charge in [0.25, 0.3) is 5.91 Å². The van der Waals surface area contributed by atoms with E-state index < -0.39 is 0 Å². The minimum Gasteiger partial charge on any atom is -0.396 e. The zero-order valence-electron chi connectivity index (χ0n) is 10.9. The Hall–Kier alpha value is -1.66. The lowest BCUT2D eigenvalue weighted by Gasteiger charge is -2.35. The van der Waals surface area contributed by atoms with Crippen molar-refractivity contribution in [2.75, 3.05) is 18.6 Å². The normalized spacial score (nSPS) is 19.3. The number of anilines is 1. The van der Waals surface area contributed by atoms with Crippen LogP contribution in [0.5, 0.6) is 0 Å². The van der Waals surface area contributed by atoms with Crippen LogP contribution >= 0.6 is 0 Å². The molecule has 1 amide bonds. The van der Waals surface area contributed by atoms with Gasteiger partial charge in [0.15, 0.2) is 0 Å². The number of carbonyl (C=O) groups is 1. The molecule has 4 N–H and O–H groups in total. The molecule has 19 heavy (non-hydrogen) atoms. The number of hydrazine groups is 1. The van der Waals surface area contributed by atoms with Gasteiger partial charge in [0.1, 0.15) is 11.5 Å². The summed E-state index contributed by atoms with van der Waals surface area (Å²) in [5.41, 5.74) is 2.83. The van der Waals surface area contributed by atoms with Crippen LogP contribution in [0.3, 0.4) is 0 Å². The van der Waals surface area contributed by atoms with Crippen molar-refractivity contribution in [2.24, 2.45) is 5.84 Å². The van der Waals surface area contributed by atoms with Crippen molar-refractivity contribution in [1.29, 1.82) is 0 Å². The van der Waals surface area contributed by atoms with Crippen molar-refractivity contribution in [1.82, 2.24) is 9.88 Å². The first-order valence-corrected chi connectivity index (χ1v) is 6.61. The van der Waals surface area contributed by atoms with Crippen LogP contribution in [0.2, 0.25) is 0 Å². The topological polar surface area (TPSA) is 91.5 Å². The van der Waals surface area contributed by atoms with E-state index in [4.69, 9.17) is 10.9 Å².